The van der Waals surface area contributed by atoms with Gasteiger partial charge in [-0.05, 0) is 12.1 Å². The first-order valence-electron chi connectivity index (χ1n) is 6.99. The Morgan fingerprint density at radius 3 is 2.36 bits per heavy atom. The largest absolute Gasteiger partial charge is 0.550 e. The van der Waals surface area contributed by atoms with Crippen LogP contribution in [0.15, 0.2) is 18.2 Å². The number of piperazine rings is 1. The van der Waals surface area contributed by atoms with Crippen molar-refractivity contribution in [1.82, 2.24) is 4.90 Å². The average Bonchev–Trinajstić information content (AvgIpc) is 2.53. The zero-order chi connectivity index (χ0) is 16.1. The van der Waals surface area contributed by atoms with Crippen LogP contribution in [-0.2, 0) is 9.59 Å². The molecule has 0 saturated carbocycles. The fourth-order valence-electron chi connectivity index (χ4n) is 2.48. The number of rotatable bonds is 5. The SMILES string of the molecule is COc1ccc(N2CCN(C(=O)CC(=O)[O-])CC2)c(OC)c1. The zero-order valence-electron chi connectivity index (χ0n) is 12.7. The summed E-state index contributed by atoms with van der Waals surface area (Å²) in [6.07, 6.45) is -0.564. The molecule has 0 unspecified atom stereocenters. The normalized spacial score (nSPS) is 14.6. The maximum Gasteiger partial charge on any atom is 0.228 e. The van der Waals surface area contributed by atoms with Gasteiger partial charge in [-0.15, -0.1) is 0 Å². The lowest BCUT2D eigenvalue weighted by Crippen LogP contribution is -2.49. The number of anilines is 1. The molecular weight excluding hydrogens is 288 g/mol. The van der Waals surface area contributed by atoms with E-state index in [-0.39, 0.29) is 0 Å². The van der Waals surface area contributed by atoms with E-state index >= 15 is 0 Å². The van der Waals surface area contributed by atoms with Gasteiger partial charge in [-0.2, -0.15) is 0 Å². The highest BCUT2D eigenvalue weighted by molar-refractivity contribution is 5.92. The standard InChI is InChI=1S/C15H20N2O5/c1-21-11-3-4-12(13(9-11)22-2)16-5-7-17(8-6-16)14(18)10-15(19)20/h3-4,9H,5-8,10H2,1-2H3,(H,19,20)/p-1. The molecule has 0 radical (unpaired) electrons. The van der Waals surface area contributed by atoms with Crippen LogP contribution in [-0.4, -0.2) is 57.2 Å². The Morgan fingerprint density at radius 2 is 1.82 bits per heavy atom. The first-order chi connectivity index (χ1) is 10.5. The second kappa shape index (κ2) is 7.02. The minimum atomic E-state index is -1.34. The molecule has 22 heavy (non-hydrogen) atoms. The summed E-state index contributed by atoms with van der Waals surface area (Å²) in [6, 6.07) is 5.57. The summed E-state index contributed by atoms with van der Waals surface area (Å²) in [7, 11) is 3.19. The van der Waals surface area contributed by atoms with Gasteiger partial charge in [0, 0.05) is 32.2 Å². The minimum absolute atomic E-state index is 0.402. The van der Waals surface area contributed by atoms with Gasteiger partial charge in [0.2, 0.25) is 5.91 Å². The maximum absolute atomic E-state index is 11.7. The lowest BCUT2D eigenvalue weighted by atomic mass is 10.2. The molecule has 0 N–H and O–H groups in total. The van der Waals surface area contributed by atoms with Gasteiger partial charge in [-0.25, -0.2) is 0 Å². The molecule has 1 aromatic rings. The van der Waals surface area contributed by atoms with Gasteiger partial charge >= 0.3 is 0 Å². The summed E-state index contributed by atoms with van der Waals surface area (Å²) < 4.78 is 10.6. The number of amides is 1. The van der Waals surface area contributed by atoms with Crippen molar-refractivity contribution in [3.8, 4) is 11.5 Å². The molecule has 7 nitrogen and oxygen atoms in total. The van der Waals surface area contributed by atoms with Crippen LogP contribution in [0.1, 0.15) is 6.42 Å². The highest BCUT2D eigenvalue weighted by Gasteiger charge is 2.23. The van der Waals surface area contributed by atoms with E-state index in [1.165, 1.54) is 0 Å². The number of carboxylic acid groups (broad SMARTS) is 1. The number of carboxylic acids is 1. The molecule has 0 atom stereocenters. The van der Waals surface area contributed by atoms with Crippen LogP contribution in [0.2, 0.25) is 0 Å². The second-order valence-corrected chi connectivity index (χ2v) is 4.95. The molecule has 2 rings (SSSR count). The van der Waals surface area contributed by atoms with Crippen LogP contribution < -0.4 is 19.5 Å². The molecule has 1 aliphatic rings. The van der Waals surface area contributed by atoms with Crippen molar-refractivity contribution >= 4 is 17.6 Å². The quantitative estimate of drug-likeness (QED) is 0.682. The van der Waals surface area contributed by atoms with Gasteiger partial charge in [0.15, 0.2) is 0 Å². The van der Waals surface area contributed by atoms with Gasteiger partial charge in [-0.3, -0.25) is 4.79 Å². The summed E-state index contributed by atoms with van der Waals surface area (Å²) in [5, 5.41) is 10.5. The molecule has 1 heterocycles. The Bertz CT molecular complexity index is 553. The van der Waals surface area contributed by atoms with Gasteiger partial charge < -0.3 is 29.2 Å². The molecule has 1 aromatic carbocycles. The Hall–Kier alpha value is -2.44. The van der Waals surface area contributed by atoms with E-state index in [0.29, 0.717) is 37.7 Å². The predicted molar refractivity (Wildman–Crippen MR) is 78.0 cm³/mol. The van der Waals surface area contributed by atoms with Crippen molar-refractivity contribution in [2.45, 2.75) is 6.42 Å². The highest BCUT2D eigenvalue weighted by atomic mass is 16.5. The fourth-order valence-corrected chi connectivity index (χ4v) is 2.48. The number of nitrogens with zero attached hydrogens (tertiary/aromatic N) is 2. The van der Waals surface area contributed by atoms with Crippen LogP contribution in [0.5, 0.6) is 11.5 Å². The monoisotopic (exact) mass is 307 g/mol. The first kappa shape index (κ1) is 15.9. The van der Waals surface area contributed by atoms with E-state index in [0.717, 1.165) is 5.69 Å². The van der Waals surface area contributed by atoms with Crippen LogP contribution in [0, 0.1) is 0 Å². The number of hydrogen-bond acceptors (Lipinski definition) is 6. The van der Waals surface area contributed by atoms with Gasteiger partial charge in [-0.1, -0.05) is 0 Å². The molecule has 0 aromatic heterocycles. The lowest BCUT2D eigenvalue weighted by molar-refractivity contribution is -0.304. The third kappa shape index (κ3) is 3.60. The van der Waals surface area contributed by atoms with E-state index in [1.54, 1.807) is 19.1 Å². The molecule has 1 saturated heterocycles. The number of methoxy groups -OCH3 is 2. The third-order valence-electron chi connectivity index (χ3n) is 3.66. The van der Waals surface area contributed by atoms with Crippen molar-refractivity contribution < 1.29 is 24.2 Å². The van der Waals surface area contributed by atoms with E-state index in [2.05, 4.69) is 4.90 Å². The van der Waals surface area contributed by atoms with E-state index in [1.807, 2.05) is 18.2 Å². The van der Waals surface area contributed by atoms with Crippen molar-refractivity contribution in [2.24, 2.45) is 0 Å². The molecule has 1 aliphatic heterocycles. The topological polar surface area (TPSA) is 82.1 Å². The summed E-state index contributed by atoms with van der Waals surface area (Å²) in [4.78, 5) is 25.8. The average molecular weight is 307 g/mol. The second-order valence-electron chi connectivity index (χ2n) is 4.95. The summed E-state index contributed by atoms with van der Waals surface area (Å²) in [5.41, 5.74) is 0.926. The van der Waals surface area contributed by atoms with Crippen molar-refractivity contribution in [1.29, 1.82) is 0 Å². The van der Waals surface area contributed by atoms with E-state index in [4.69, 9.17) is 9.47 Å². The van der Waals surface area contributed by atoms with Gasteiger partial charge in [0.1, 0.15) is 11.5 Å². The van der Waals surface area contributed by atoms with Gasteiger partial charge in [0.25, 0.3) is 0 Å². The molecule has 1 fully saturated rings. The van der Waals surface area contributed by atoms with Crippen molar-refractivity contribution in [3.63, 3.8) is 0 Å². The molecule has 1 amide bonds. The van der Waals surface area contributed by atoms with E-state index in [9.17, 15) is 14.7 Å². The number of ether oxygens (including phenoxy) is 2. The summed E-state index contributed by atoms with van der Waals surface area (Å²) in [6.45, 7) is 2.17. The summed E-state index contributed by atoms with van der Waals surface area (Å²) in [5.74, 6) is -0.331. The third-order valence-corrected chi connectivity index (χ3v) is 3.66. The Kier molecular flexibility index (Phi) is 5.08. The Morgan fingerprint density at radius 1 is 1.14 bits per heavy atom. The molecule has 120 valence electrons. The molecule has 0 spiro atoms. The predicted octanol–water partition coefficient (Wildman–Crippen LogP) is -0.508. The van der Waals surface area contributed by atoms with Crippen LogP contribution in [0.3, 0.4) is 0 Å². The number of benzene rings is 1. The number of carbonyl (C=O) groups excluding carboxylic acids is 2. The summed E-state index contributed by atoms with van der Waals surface area (Å²) >= 11 is 0. The van der Waals surface area contributed by atoms with Crippen molar-refractivity contribution in [2.75, 3.05) is 45.3 Å². The van der Waals surface area contributed by atoms with Crippen LogP contribution in [0.25, 0.3) is 0 Å². The fraction of sp³-hybridized carbons (Fsp3) is 0.467. The lowest BCUT2D eigenvalue weighted by Gasteiger charge is -2.36. The van der Waals surface area contributed by atoms with Crippen LogP contribution in [0.4, 0.5) is 5.69 Å². The first-order valence-corrected chi connectivity index (χ1v) is 6.99. The maximum atomic E-state index is 11.7. The molecule has 0 aliphatic carbocycles. The van der Waals surface area contributed by atoms with Crippen LogP contribution >= 0.6 is 0 Å². The molecular formula is C15H19N2O5-. The smallest absolute Gasteiger partial charge is 0.228 e. The van der Waals surface area contributed by atoms with Crippen molar-refractivity contribution in [3.05, 3.63) is 18.2 Å². The van der Waals surface area contributed by atoms with E-state index < -0.39 is 18.3 Å². The van der Waals surface area contributed by atoms with Gasteiger partial charge in [0.05, 0.1) is 32.3 Å². The minimum Gasteiger partial charge on any atom is -0.550 e. The zero-order valence-corrected chi connectivity index (χ0v) is 12.7. The molecule has 0 bridgehead atoms. The Labute approximate surface area is 129 Å². The number of carbonyl (C=O) groups is 2. The Balaban J connectivity index is 2.02. The number of hydrogen-bond donors (Lipinski definition) is 0. The molecule has 7 heteroatoms. The number of aliphatic carboxylic acids is 1. The highest BCUT2D eigenvalue weighted by Crippen LogP contribution is 2.32.